The molecular weight excluding hydrogens is 298 g/mol. The van der Waals surface area contributed by atoms with Crippen LogP contribution in [-0.4, -0.2) is 17.9 Å². The maximum atomic E-state index is 11.3. The van der Waals surface area contributed by atoms with Gasteiger partial charge in [0.25, 0.3) is 5.91 Å². The lowest BCUT2D eigenvalue weighted by Crippen LogP contribution is -2.22. The number of rotatable bonds is 4. The van der Waals surface area contributed by atoms with Crippen molar-refractivity contribution in [2.75, 3.05) is 11.9 Å². The maximum absolute atomic E-state index is 11.3. The van der Waals surface area contributed by atoms with Crippen LogP contribution in [0.4, 0.5) is 5.69 Å². The van der Waals surface area contributed by atoms with Gasteiger partial charge in [-0.3, -0.25) is 9.78 Å². The van der Waals surface area contributed by atoms with Crippen LogP contribution in [0, 0.1) is 0 Å². The van der Waals surface area contributed by atoms with Gasteiger partial charge in [-0.25, -0.2) is 0 Å². The minimum Gasteiger partial charge on any atom is -0.452 e. The van der Waals surface area contributed by atoms with Gasteiger partial charge in [0.15, 0.2) is 4.67 Å². The third kappa shape index (κ3) is 2.70. The van der Waals surface area contributed by atoms with E-state index < -0.39 is 5.91 Å². The summed E-state index contributed by atoms with van der Waals surface area (Å²) in [6.45, 7) is 0.538. The Labute approximate surface area is 113 Å². The molecule has 0 aliphatic heterocycles. The Hall–Kier alpha value is -1.82. The van der Waals surface area contributed by atoms with Gasteiger partial charge in [0.2, 0.25) is 0 Å². The zero-order valence-electron chi connectivity index (χ0n) is 9.76. The van der Waals surface area contributed by atoms with Crippen LogP contribution < -0.4 is 10.6 Å². The van der Waals surface area contributed by atoms with E-state index in [0.29, 0.717) is 16.8 Å². The van der Waals surface area contributed by atoms with E-state index in [1.807, 2.05) is 24.1 Å². The summed E-state index contributed by atoms with van der Waals surface area (Å²) in [5.74, 6) is 0.294. The molecule has 2 heterocycles. The molecule has 2 aromatic rings. The molecule has 0 fully saturated rings. The van der Waals surface area contributed by atoms with Gasteiger partial charge < -0.3 is 15.1 Å². The lowest BCUT2D eigenvalue weighted by atomic mass is 10.2. The molecule has 0 radical (unpaired) electrons. The van der Waals surface area contributed by atoms with Crippen molar-refractivity contribution < 1.29 is 9.21 Å². The van der Waals surface area contributed by atoms with Crippen molar-refractivity contribution in [2.24, 2.45) is 5.73 Å². The second-order valence-corrected chi connectivity index (χ2v) is 4.60. The van der Waals surface area contributed by atoms with E-state index in [0.717, 1.165) is 11.4 Å². The Bertz CT molecular complexity index is 568. The molecule has 0 spiro atoms. The molecule has 0 aliphatic rings. The van der Waals surface area contributed by atoms with Crippen LogP contribution in [0.1, 0.15) is 16.1 Å². The van der Waals surface area contributed by atoms with E-state index in [4.69, 9.17) is 10.2 Å². The number of amides is 1. The Balaban J connectivity index is 2.23. The summed E-state index contributed by atoms with van der Waals surface area (Å²) in [6, 6.07) is 5.44. The molecule has 94 valence electrons. The predicted molar refractivity (Wildman–Crippen MR) is 71.3 cm³/mol. The van der Waals surface area contributed by atoms with Crippen LogP contribution in [0.3, 0.4) is 0 Å². The third-order valence-corrected chi connectivity index (χ3v) is 2.92. The Morgan fingerprint density at radius 3 is 2.89 bits per heavy atom. The van der Waals surface area contributed by atoms with E-state index in [1.54, 1.807) is 12.3 Å². The fourth-order valence-electron chi connectivity index (χ4n) is 1.67. The number of anilines is 1. The number of aromatic nitrogens is 1. The summed E-state index contributed by atoms with van der Waals surface area (Å²) in [6.07, 6.45) is 3.09. The summed E-state index contributed by atoms with van der Waals surface area (Å²) in [7, 11) is 1.86. The largest absolute Gasteiger partial charge is 0.452 e. The van der Waals surface area contributed by atoms with Crippen molar-refractivity contribution in [1.82, 2.24) is 4.98 Å². The van der Waals surface area contributed by atoms with E-state index in [-0.39, 0.29) is 0 Å². The molecule has 0 aliphatic carbocycles. The second-order valence-electron chi connectivity index (χ2n) is 3.82. The molecular formula is C12H12BrN3O2. The number of halogens is 1. The standard InChI is InChI=1S/C12H12BrN3O2/c1-16(7-8-2-3-11(13)18-8)10-4-5-15-6-9(10)12(14)17/h2-6H,7H2,1H3,(H2,14,17). The van der Waals surface area contributed by atoms with Crippen molar-refractivity contribution >= 4 is 27.5 Å². The summed E-state index contributed by atoms with van der Waals surface area (Å²) >= 11 is 3.25. The minimum absolute atomic E-state index is 0.394. The highest BCUT2D eigenvalue weighted by Crippen LogP contribution is 2.21. The first-order valence-electron chi connectivity index (χ1n) is 5.27. The molecule has 2 rings (SSSR count). The van der Waals surface area contributed by atoms with Crippen molar-refractivity contribution in [3.8, 4) is 0 Å². The van der Waals surface area contributed by atoms with Crippen LogP contribution in [-0.2, 0) is 6.54 Å². The van der Waals surface area contributed by atoms with Gasteiger partial charge in [0, 0.05) is 19.4 Å². The van der Waals surface area contributed by atoms with Gasteiger partial charge in [-0.2, -0.15) is 0 Å². The van der Waals surface area contributed by atoms with Crippen LogP contribution in [0.2, 0.25) is 0 Å². The number of hydrogen-bond acceptors (Lipinski definition) is 4. The second kappa shape index (κ2) is 5.22. The molecule has 18 heavy (non-hydrogen) atoms. The van der Waals surface area contributed by atoms with E-state index >= 15 is 0 Å². The molecule has 0 unspecified atom stereocenters. The van der Waals surface area contributed by atoms with Crippen LogP contribution in [0.5, 0.6) is 0 Å². The van der Waals surface area contributed by atoms with Crippen molar-refractivity contribution in [3.05, 3.63) is 46.6 Å². The molecule has 2 aromatic heterocycles. The van der Waals surface area contributed by atoms with Gasteiger partial charge in [0.1, 0.15) is 5.76 Å². The first kappa shape index (κ1) is 12.6. The molecule has 1 amide bonds. The number of carbonyl (C=O) groups excluding carboxylic acids is 1. The highest BCUT2D eigenvalue weighted by molar-refractivity contribution is 9.10. The Morgan fingerprint density at radius 2 is 2.28 bits per heavy atom. The van der Waals surface area contributed by atoms with E-state index in [9.17, 15) is 4.79 Å². The molecule has 2 N–H and O–H groups in total. The van der Waals surface area contributed by atoms with Crippen LogP contribution in [0.15, 0.2) is 39.7 Å². The number of carbonyl (C=O) groups is 1. The quantitative estimate of drug-likeness (QED) is 0.939. The molecule has 0 saturated heterocycles. The molecule has 0 atom stereocenters. The predicted octanol–water partition coefficient (Wildman–Crippen LogP) is 2.17. The fraction of sp³-hybridized carbons (Fsp3) is 0.167. The molecule has 0 bridgehead atoms. The normalized spacial score (nSPS) is 10.3. The average Bonchev–Trinajstić information content (AvgIpc) is 2.74. The summed E-state index contributed by atoms with van der Waals surface area (Å²) in [5.41, 5.74) is 6.43. The SMILES string of the molecule is CN(Cc1ccc(Br)o1)c1ccncc1C(N)=O. The summed E-state index contributed by atoms with van der Waals surface area (Å²) < 4.78 is 6.10. The van der Waals surface area contributed by atoms with Crippen molar-refractivity contribution in [1.29, 1.82) is 0 Å². The van der Waals surface area contributed by atoms with Gasteiger partial charge in [-0.05, 0) is 34.1 Å². The monoisotopic (exact) mass is 309 g/mol. The number of pyridine rings is 1. The maximum Gasteiger partial charge on any atom is 0.252 e. The van der Waals surface area contributed by atoms with E-state index in [1.165, 1.54) is 6.20 Å². The number of nitrogens with two attached hydrogens (primary N) is 1. The molecule has 5 nitrogen and oxygen atoms in total. The fourth-order valence-corrected chi connectivity index (χ4v) is 2.01. The van der Waals surface area contributed by atoms with Crippen molar-refractivity contribution in [3.63, 3.8) is 0 Å². The number of nitrogens with zero attached hydrogens (tertiary/aromatic N) is 2. The highest BCUT2D eigenvalue weighted by Gasteiger charge is 2.13. The van der Waals surface area contributed by atoms with Crippen molar-refractivity contribution in [2.45, 2.75) is 6.54 Å². The zero-order chi connectivity index (χ0) is 13.1. The summed E-state index contributed by atoms with van der Waals surface area (Å²) in [4.78, 5) is 17.1. The number of primary amides is 1. The first-order chi connectivity index (χ1) is 8.58. The number of hydrogen-bond donors (Lipinski definition) is 1. The van der Waals surface area contributed by atoms with Crippen LogP contribution >= 0.6 is 15.9 Å². The Morgan fingerprint density at radius 1 is 1.50 bits per heavy atom. The lowest BCUT2D eigenvalue weighted by molar-refractivity contribution is 0.100. The minimum atomic E-state index is -0.495. The lowest BCUT2D eigenvalue weighted by Gasteiger charge is -2.19. The molecule has 0 aromatic carbocycles. The highest BCUT2D eigenvalue weighted by atomic mass is 79.9. The smallest absolute Gasteiger partial charge is 0.252 e. The third-order valence-electron chi connectivity index (χ3n) is 2.50. The summed E-state index contributed by atoms with van der Waals surface area (Å²) in [5, 5.41) is 0. The van der Waals surface area contributed by atoms with Gasteiger partial charge >= 0.3 is 0 Å². The van der Waals surface area contributed by atoms with Crippen LogP contribution in [0.25, 0.3) is 0 Å². The molecule has 0 saturated carbocycles. The zero-order valence-corrected chi connectivity index (χ0v) is 11.3. The van der Waals surface area contributed by atoms with Gasteiger partial charge in [0.05, 0.1) is 17.8 Å². The Kier molecular flexibility index (Phi) is 3.66. The first-order valence-corrected chi connectivity index (χ1v) is 6.06. The van der Waals surface area contributed by atoms with Gasteiger partial charge in [-0.15, -0.1) is 0 Å². The topological polar surface area (TPSA) is 72.4 Å². The molecule has 6 heteroatoms. The van der Waals surface area contributed by atoms with E-state index in [2.05, 4.69) is 20.9 Å². The average molecular weight is 310 g/mol. The number of furan rings is 1. The van der Waals surface area contributed by atoms with Gasteiger partial charge in [-0.1, -0.05) is 0 Å².